The zero-order valence-electron chi connectivity index (χ0n) is 10.5. The Labute approximate surface area is 132 Å². The Morgan fingerprint density at radius 3 is 2.53 bits per heavy atom. The van der Waals surface area contributed by atoms with E-state index in [0.29, 0.717) is 32.9 Å². The van der Waals surface area contributed by atoms with Gasteiger partial charge < -0.3 is 5.32 Å². The first-order chi connectivity index (χ1) is 9.09. The van der Waals surface area contributed by atoms with E-state index in [4.69, 9.17) is 23.2 Å². The number of nitrogens with one attached hydrogen (secondary N) is 1. The highest BCUT2D eigenvalue weighted by Gasteiger charge is 2.24. The SMILES string of the molecule is O=C(NCC1CCCCC1Br)c1c(Cl)cccc1Cl. The van der Waals surface area contributed by atoms with E-state index in [1.165, 1.54) is 19.3 Å². The van der Waals surface area contributed by atoms with Gasteiger partial charge in [0.1, 0.15) is 0 Å². The summed E-state index contributed by atoms with van der Waals surface area (Å²) in [5, 5.41) is 3.73. The summed E-state index contributed by atoms with van der Waals surface area (Å²) in [5.74, 6) is 0.292. The van der Waals surface area contributed by atoms with Crippen molar-refractivity contribution in [3.63, 3.8) is 0 Å². The normalized spacial score (nSPS) is 23.1. The van der Waals surface area contributed by atoms with E-state index in [0.717, 1.165) is 6.42 Å². The number of halogens is 3. The summed E-state index contributed by atoms with van der Waals surface area (Å²) in [6, 6.07) is 5.09. The number of hydrogen-bond donors (Lipinski definition) is 1. The van der Waals surface area contributed by atoms with Crippen LogP contribution in [0.5, 0.6) is 0 Å². The fraction of sp³-hybridized carbons (Fsp3) is 0.500. The van der Waals surface area contributed by atoms with Gasteiger partial charge in [-0.3, -0.25) is 4.79 Å². The van der Waals surface area contributed by atoms with Crippen molar-refractivity contribution in [1.29, 1.82) is 0 Å². The number of rotatable bonds is 3. The zero-order chi connectivity index (χ0) is 13.8. The third-order valence-corrected chi connectivity index (χ3v) is 5.37. The lowest BCUT2D eigenvalue weighted by Gasteiger charge is -2.27. The van der Waals surface area contributed by atoms with Crippen LogP contribution in [-0.4, -0.2) is 17.3 Å². The summed E-state index contributed by atoms with van der Waals surface area (Å²) < 4.78 is 0. The van der Waals surface area contributed by atoms with Gasteiger partial charge in [0.2, 0.25) is 0 Å². The zero-order valence-corrected chi connectivity index (χ0v) is 13.6. The van der Waals surface area contributed by atoms with Crippen LogP contribution in [0.4, 0.5) is 0 Å². The Balaban J connectivity index is 1.97. The first-order valence-corrected chi connectivity index (χ1v) is 8.13. The van der Waals surface area contributed by atoms with Crippen molar-refractivity contribution in [2.24, 2.45) is 5.92 Å². The van der Waals surface area contributed by atoms with Crippen LogP contribution in [0.25, 0.3) is 0 Å². The maximum atomic E-state index is 12.1. The summed E-state index contributed by atoms with van der Waals surface area (Å²) in [7, 11) is 0. The van der Waals surface area contributed by atoms with Gasteiger partial charge >= 0.3 is 0 Å². The van der Waals surface area contributed by atoms with Crippen LogP contribution in [0.2, 0.25) is 10.0 Å². The molecule has 1 N–H and O–H groups in total. The fourth-order valence-electron chi connectivity index (χ4n) is 2.42. The van der Waals surface area contributed by atoms with E-state index in [1.807, 2.05) is 0 Å². The Hall–Kier alpha value is -0.250. The molecule has 104 valence electrons. The van der Waals surface area contributed by atoms with Gasteiger partial charge in [0.05, 0.1) is 15.6 Å². The second kappa shape index (κ2) is 6.96. The molecule has 2 atom stereocenters. The highest BCUT2D eigenvalue weighted by molar-refractivity contribution is 9.09. The topological polar surface area (TPSA) is 29.1 Å². The summed E-state index contributed by atoms with van der Waals surface area (Å²) >= 11 is 15.7. The first-order valence-electron chi connectivity index (χ1n) is 6.46. The Morgan fingerprint density at radius 2 is 1.89 bits per heavy atom. The molecule has 0 heterocycles. The molecule has 0 bridgehead atoms. The van der Waals surface area contributed by atoms with E-state index >= 15 is 0 Å². The summed E-state index contributed by atoms with van der Waals surface area (Å²) in [6.07, 6.45) is 4.81. The molecule has 1 amide bonds. The molecule has 0 saturated heterocycles. The van der Waals surface area contributed by atoms with Gasteiger partial charge in [0, 0.05) is 11.4 Å². The minimum atomic E-state index is -0.194. The van der Waals surface area contributed by atoms with Crippen molar-refractivity contribution in [2.45, 2.75) is 30.5 Å². The number of carbonyl (C=O) groups is 1. The van der Waals surface area contributed by atoms with Crippen molar-refractivity contribution >= 4 is 45.0 Å². The van der Waals surface area contributed by atoms with Gasteiger partial charge in [-0.2, -0.15) is 0 Å². The van der Waals surface area contributed by atoms with Crippen LogP contribution in [0.3, 0.4) is 0 Å². The average Bonchev–Trinajstić information content (AvgIpc) is 2.37. The van der Waals surface area contributed by atoms with E-state index < -0.39 is 0 Å². The molecule has 0 radical (unpaired) electrons. The molecule has 2 rings (SSSR count). The van der Waals surface area contributed by atoms with Gasteiger partial charge in [-0.15, -0.1) is 0 Å². The second-order valence-electron chi connectivity index (χ2n) is 4.87. The molecular formula is C14H16BrCl2NO. The molecule has 1 aliphatic rings. The number of carbonyl (C=O) groups excluding carboxylic acids is 1. The van der Waals surface area contributed by atoms with Crippen LogP contribution in [0, 0.1) is 5.92 Å². The maximum absolute atomic E-state index is 12.1. The molecule has 1 fully saturated rings. The standard InChI is InChI=1S/C14H16BrCl2NO/c15-10-5-2-1-4-9(10)8-18-14(19)13-11(16)6-3-7-12(13)17/h3,6-7,9-10H,1-2,4-5,8H2,(H,18,19). The van der Waals surface area contributed by atoms with Crippen molar-refractivity contribution in [2.75, 3.05) is 6.54 Å². The largest absolute Gasteiger partial charge is 0.352 e. The molecule has 0 aliphatic heterocycles. The van der Waals surface area contributed by atoms with Crippen molar-refractivity contribution in [3.8, 4) is 0 Å². The lowest BCUT2D eigenvalue weighted by atomic mass is 9.89. The monoisotopic (exact) mass is 363 g/mol. The summed E-state index contributed by atoms with van der Waals surface area (Å²) in [4.78, 5) is 12.6. The van der Waals surface area contributed by atoms with Crippen LogP contribution in [-0.2, 0) is 0 Å². The molecule has 5 heteroatoms. The van der Waals surface area contributed by atoms with Crippen molar-refractivity contribution in [3.05, 3.63) is 33.8 Å². The Kier molecular flexibility index (Phi) is 5.55. The van der Waals surface area contributed by atoms with Gasteiger partial charge in [-0.1, -0.05) is 58.0 Å². The minimum Gasteiger partial charge on any atom is -0.352 e. The number of alkyl halides is 1. The van der Waals surface area contributed by atoms with E-state index in [-0.39, 0.29) is 5.91 Å². The molecule has 0 spiro atoms. The molecule has 0 aromatic heterocycles. The predicted molar refractivity (Wildman–Crippen MR) is 83.5 cm³/mol. The van der Waals surface area contributed by atoms with Crippen molar-refractivity contribution in [1.82, 2.24) is 5.32 Å². The van der Waals surface area contributed by atoms with Gasteiger partial charge in [0.25, 0.3) is 5.91 Å². The van der Waals surface area contributed by atoms with E-state index in [2.05, 4.69) is 21.2 Å². The lowest BCUT2D eigenvalue weighted by molar-refractivity contribution is 0.0945. The molecule has 1 aliphatic carbocycles. The third-order valence-electron chi connectivity index (χ3n) is 3.53. The van der Waals surface area contributed by atoms with Gasteiger partial charge in [-0.25, -0.2) is 0 Å². The number of benzene rings is 1. The van der Waals surface area contributed by atoms with Gasteiger partial charge in [0.15, 0.2) is 0 Å². The summed E-state index contributed by atoms with van der Waals surface area (Å²) in [6.45, 7) is 0.663. The predicted octanol–water partition coefficient (Wildman–Crippen LogP) is 4.68. The van der Waals surface area contributed by atoms with Crippen LogP contribution < -0.4 is 5.32 Å². The number of hydrogen-bond acceptors (Lipinski definition) is 1. The average molecular weight is 365 g/mol. The summed E-state index contributed by atoms with van der Waals surface area (Å²) in [5.41, 5.74) is 0.368. The molecular weight excluding hydrogens is 349 g/mol. The highest BCUT2D eigenvalue weighted by Crippen LogP contribution is 2.30. The third kappa shape index (κ3) is 3.87. The Morgan fingerprint density at radius 1 is 1.26 bits per heavy atom. The molecule has 1 aromatic rings. The molecule has 1 aromatic carbocycles. The van der Waals surface area contributed by atoms with Crippen LogP contribution in [0.1, 0.15) is 36.0 Å². The molecule has 1 saturated carbocycles. The first kappa shape index (κ1) is 15.1. The minimum absolute atomic E-state index is 0.194. The fourth-order valence-corrected chi connectivity index (χ4v) is 3.76. The van der Waals surface area contributed by atoms with Crippen molar-refractivity contribution < 1.29 is 4.79 Å². The molecule has 2 unspecified atom stereocenters. The number of amides is 1. The highest BCUT2D eigenvalue weighted by atomic mass is 79.9. The molecule has 2 nitrogen and oxygen atoms in total. The van der Waals surface area contributed by atoms with E-state index in [9.17, 15) is 4.79 Å². The molecule has 19 heavy (non-hydrogen) atoms. The lowest BCUT2D eigenvalue weighted by Crippen LogP contribution is -2.34. The Bertz CT molecular complexity index is 447. The maximum Gasteiger partial charge on any atom is 0.254 e. The van der Waals surface area contributed by atoms with Crippen LogP contribution in [0.15, 0.2) is 18.2 Å². The second-order valence-corrected chi connectivity index (χ2v) is 6.86. The smallest absolute Gasteiger partial charge is 0.254 e. The van der Waals surface area contributed by atoms with Gasteiger partial charge in [-0.05, 0) is 30.9 Å². The quantitative estimate of drug-likeness (QED) is 0.775. The van der Waals surface area contributed by atoms with Crippen LogP contribution >= 0.6 is 39.1 Å². The van der Waals surface area contributed by atoms with E-state index in [1.54, 1.807) is 18.2 Å².